The van der Waals surface area contributed by atoms with Gasteiger partial charge in [0.15, 0.2) is 0 Å². The maximum Gasteiger partial charge on any atom is 0.269 e. The van der Waals surface area contributed by atoms with Gasteiger partial charge < -0.3 is 0 Å². The molecule has 0 bridgehead atoms. The largest absolute Gasteiger partial charge is 0.273 e. The number of carbonyl (C=O) groups excluding carboxylic acids is 1. The van der Waals surface area contributed by atoms with Crippen molar-refractivity contribution in [3.05, 3.63) is 64.2 Å². The predicted octanol–water partition coefficient (Wildman–Crippen LogP) is 4.37. The highest BCUT2D eigenvalue weighted by molar-refractivity contribution is 5.85. The van der Waals surface area contributed by atoms with E-state index < -0.39 is 4.92 Å². The van der Waals surface area contributed by atoms with Gasteiger partial charge in [-0.1, -0.05) is 24.3 Å². The maximum atomic E-state index is 12.5. The molecule has 3 atom stereocenters. The number of fused-ring (bicyclic) bond motifs is 1. The molecule has 0 spiro atoms. The minimum Gasteiger partial charge on any atom is -0.273 e. The van der Waals surface area contributed by atoms with Crippen molar-refractivity contribution in [2.45, 2.75) is 38.5 Å². The van der Waals surface area contributed by atoms with Crippen LogP contribution in [0.3, 0.4) is 0 Å². The Labute approximate surface area is 159 Å². The molecule has 1 aromatic carbocycles. The number of nitrogens with one attached hydrogen (secondary N) is 1. The Balaban J connectivity index is 1.53. The van der Waals surface area contributed by atoms with E-state index in [0.29, 0.717) is 17.4 Å². The van der Waals surface area contributed by atoms with Crippen molar-refractivity contribution in [2.75, 3.05) is 0 Å². The van der Waals surface area contributed by atoms with Crippen molar-refractivity contribution in [3.63, 3.8) is 0 Å². The molecule has 27 heavy (non-hydrogen) atoms. The first-order chi connectivity index (χ1) is 13.2. The number of carbonyl (C=O) groups is 1. The molecule has 0 aromatic heterocycles. The van der Waals surface area contributed by atoms with Crippen LogP contribution in [-0.2, 0) is 4.79 Å². The molecule has 1 aromatic rings. The highest BCUT2D eigenvalue weighted by Gasteiger charge is 2.52. The van der Waals surface area contributed by atoms with Crippen LogP contribution in [0.2, 0.25) is 0 Å². The Hall–Kier alpha value is -2.76. The average molecular weight is 367 g/mol. The second-order valence-corrected chi connectivity index (χ2v) is 7.11. The van der Waals surface area contributed by atoms with Gasteiger partial charge in [0.2, 0.25) is 5.91 Å². The van der Waals surface area contributed by atoms with Gasteiger partial charge in [0.25, 0.3) is 5.69 Å². The number of non-ortho nitro benzene ring substituents is 1. The second-order valence-electron chi connectivity index (χ2n) is 7.11. The van der Waals surface area contributed by atoms with Crippen molar-refractivity contribution < 1.29 is 9.72 Å². The summed E-state index contributed by atoms with van der Waals surface area (Å²) in [5.74, 6) is 0.904. The molecule has 0 saturated heterocycles. The van der Waals surface area contributed by atoms with Crippen molar-refractivity contribution >= 4 is 17.8 Å². The number of nitro benzene ring substituents is 1. The number of nitrogens with zero attached hydrogens (tertiary/aromatic N) is 2. The van der Waals surface area contributed by atoms with Crippen molar-refractivity contribution in [1.29, 1.82) is 0 Å². The maximum absolute atomic E-state index is 12.5. The van der Waals surface area contributed by atoms with Gasteiger partial charge in [-0.15, -0.1) is 0 Å². The van der Waals surface area contributed by atoms with Crippen LogP contribution in [0.15, 0.2) is 53.7 Å². The predicted molar refractivity (Wildman–Crippen MR) is 105 cm³/mol. The highest BCUT2D eigenvalue weighted by Crippen LogP contribution is 2.52. The van der Waals surface area contributed by atoms with Crippen molar-refractivity contribution in [3.8, 4) is 0 Å². The topological polar surface area (TPSA) is 84.6 Å². The van der Waals surface area contributed by atoms with E-state index in [9.17, 15) is 14.9 Å². The van der Waals surface area contributed by atoms with Crippen LogP contribution in [0.4, 0.5) is 5.69 Å². The summed E-state index contributed by atoms with van der Waals surface area (Å²) in [5.41, 5.74) is 3.39. The third-order valence-corrected chi connectivity index (χ3v) is 5.29. The first kappa shape index (κ1) is 19.0. The van der Waals surface area contributed by atoms with Crippen molar-refractivity contribution in [1.82, 2.24) is 5.43 Å². The Morgan fingerprint density at radius 1 is 1.00 bits per heavy atom. The molecule has 1 fully saturated rings. The number of hydrogen-bond acceptors (Lipinski definition) is 4. The molecule has 2 aliphatic rings. The molecule has 3 rings (SSSR count). The van der Waals surface area contributed by atoms with E-state index in [1.165, 1.54) is 18.3 Å². The van der Waals surface area contributed by atoms with Gasteiger partial charge in [-0.05, 0) is 68.1 Å². The van der Waals surface area contributed by atoms with Gasteiger partial charge in [0, 0.05) is 18.1 Å². The van der Waals surface area contributed by atoms with Crippen LogP contribution in [0.25, 0.3) is 0 Å². The fraction of sp³-hybridized carbons (Fsp3) is 0.429. The lowest BCUT2D eigenvalue weighted by atomic mass is 10.1. The number of hydrazone groups is 1. The van der Waals surface area contributed by atoms with E-state index in [2.05, 4.69) is 34.8 Å². The van der Waals surface area contributed by atoms with Gasteiger partial charge in [-0.2, -0.15) is 5.10 Å². The molecule has 0 radical (unpaired) electrons. The fourth-order valence-corrected chi connectivity index (χ4v) is 3.79. The average Bonchev–Trinajstić information content (AvgIpc) is 3.34. The molecule has 0 heterocycles. The standard InChI is InChI=1S/C21H25N3O3/c25-21(23-22-15-16-11-13-17(14-12-16)24(26)27)20-18-9-7-5-3-1-2-4-6-8-10-19(18)20/h3-6,11-15,18-20H,1-2,7-10H2,(H,23,25)/b5-3-,6-4+,22-15-/t18-,19-,20?/m0/s1. The van der Waals surface area contributed by atoms with Gasteiger partial charge >= 0.3 is 0 Å². The molecule has 1 unspecified atom stereocenters. The van der Waals surface area contributed by atoms with Crippen LogP contribution >= 0.6 is 0 Å². The lowest BCUT2D eigenvalue weighted by Crippen LogP contribution is -2.21. The van der Waals surface area contributed by atoms with E-state index in [1.54, 1.807) is 12.1 Å². The molecule has 6 heteroatoms. The summed E-state index contributed by atoms with van der Waals surface area (Å²) in [4.78, 5) is 22.7. The Morgan fingerprint density at radius 2 is 1.56 bits per heavy atom. The van der Waals surface area contributed by atoms with Crippen molar-refractivity contribution in [2.24, 2.45) is 22.9 Å². The summed E-state index contributed by atoms with van der Waals surface area (Å²) in [6, 6.07) is 6.06. The van der Waals surface area contributed by atoms with Gasteiger partial charge in [0.05, 0.1) is 11.1 Å². The molecule has 1 saturated carbocycles. The highest BCUT2D eigenvalue weighted by atomic mass is 16.6. The summed E-state index contributed by atoms with van der Waals surface area (Å²) in [6.07, 6.45) is 16.8. The van der Waals surface area contributed by atoms with Crippen LogP contribution < -0.4 is 5.43 Å². The normalized spacial score (nSPS) is 27.6. The molecule has 1 amide bonds. The minimum atomic E-state index is -0.443. The molecule has 1 N–H and O–H groups in total. The third-order valence-electron chi connectivity index (χ3n) is 5.29. The zero-order valence-corrected chi connectivity index (χ0v) is 15.3. The van der Waals surface area contributed by atoms with Gasteiger partial charge in [-0.25, -0.2) is 5.43 Å². The fourth-order valence-electron chi connectivity index (χ4n) is 3.79. The first-order valence-electron chi connectivity index (χ1n) is 9.54. The second kappa shape index (κ2) is 9.26. The summed E-state index contributed by atoms with van der Waals surface area (Å²) in [5, 5.41) is 14.7. The summed E-state index contributed by atoms with van der Waals surface area (Å²) >= 11 is 0. The smallest absolute Gasteiger partial charge is 0.269 e. The SMILES string of the molecule is O=C(N/N=C\c1ccc([N+](=O)[O-])cc1)C1[C@H]2CC/C=C\CC/C=C/CC[C@H]12. The Morgan fingerprint density at radius 3 is 2.11 bits per heavy atom. The van der Waals surface area contributed by atoms with E-state index in [0.717, 1.165) is 38.5 Å². The minimum absolute atomic E-state index is 0.0222. The zero-order valence-electron chi connectivity index (χ0n) is 15.3. The van der Waals surface area contributed by atoms with Crippen LogP contribution in [0.1, 0.15) is 44.1 Å². The Bertz CT molecular complexity index is 728. The first-order valence-corrected chi connectivity index (χ1v) is 9.54. The molecule has 142 valence electrons. The molecular formula is C21H25N3O3. The van der Waals surface area contributed by atoms with E-state index >= 15 is 0 Å². The summed E-state index contributed by atoms with van der Waals surface area (Å²) in [7, 11) is 0. The van der Waals surface area contributed by atoms with Gasteiger partial charge in [-0.3, -0.25) is 14.9 Å². The molecular weight excluding hydrogens is 342 g/mol. The van der Waals surface area contributed by atoms with E-state index in [-0.39, 0.29) is 17.5 Å². The number of benzene rings is 1. The summed E-state index contributed by atoms with van der Waals surface area (Å²) in [6.45, 7) is 0. The number of allylic oxidation sites excluding steroid dienone is 4. The van der Waals surface area contributed by atoms with Gasteiger partial charge in [0.1, 0.15) is 0 Å². The van der Waals surface area contributed by atoms with Crippen LogP contribution in [-0.4, -0.2) is 17.0 Å². The molecule has 6 nitrogen and oxygen atoms in total. The lowest BCUT2D eigenvalue weighted by Gasteiger charge is -1.99. The number of amides is 1. The Kier molecular flexibility index (Phi) is 6.52. The number of hydrogen-bond donors (Lipinski definition) is 1. The zero-order chi connectivity index (χ0) is 19.1. The number of nitro groups is 1. The third kappa shape index (κ3) is 5.36. The lowest BCUT2D eigenvalue weighted by molar-refractivity contribution is -0.384. The monoisotopic (exact) mass is 367 g/mol. The molecule has 2 aliphatic carbocycles. The van der Waals surface area contributed by atoms with E-state index in [4.69, 9.17) is 0 Å². The summed E-state index contributed by atoms with van der Waals surface area (Å²) < 4.78 is 0. The quantitative estimate of drug-likeness (QED) is 0.371. The number of rotatable bonds is 4. The van der Waals surface area contributed by atoms with E-state index in [1.807, 2.05) is 0 Å². The van der Waals surface area contributed by atoms with Crippen LogP contribution in [0, 0.1) is 27.9 Å². The van der Waals surface area contributed by atoms with Crippen LogP contribution in [0.5, 0.6) is 0 Å². The molecule has 0 aliphatic heterocycles.